The average Bonchev–Trinajstić information content (AvgIpc) is 2.83. The third-order valence-electron chi connectivity index (χ3n) is 3.42. The van der Waals surface area contributed by atoms with Crippen molar-refractivity contribution in [3.05, 3.63) is 51.0 Å². The van der Waals surface area contributed by atoms with Crippen LogP contribution in [0.4, 0.5) is 5.13 Å². The van der Waals surface area contributed by atoms with Crippen LogP contribution in [0, 0.1) is 13.8 Å². The molecule has 0 radical (unpaired) electrons. The van der Waals surface area contributed by atoms with Gasteiger partial charge in [-0.2, -0.15) is 0 Å². The van der Waals surface area contributed by atoms with Crippen LogP contribution >= 0.6 is 11.3 Å². The number of anilines is 1. The van der Waals surface area contributed by atoms with E-state index in [0.29, 0.717) is 17.1 Å². The summed E-state index contributed by atoms with van der Waals surface area (Å²) in [5, 5.41) is 3.00. The summed E-state index contributed by atoms with van der Waals surface area (Å²) in [5.74, 6) is 0. The van der Waals surface area contributed by atoms with Crippen molar-refractivity contribution in [1.29, 1.82) is 0 Å². The molecule has 0 aliphatic heterocycles. The molecule has 0 saturated carbocycles. The van der Waals surface area contributed by atoms with E-state index in [9.17, 15) is 4.79 Å². The highest BCUT2D eigenvalue weighted by Crippen LogP contribution is 2.17. The number of thiazole rings is 1. The fourth-order valence-electron chi connectivity index (χ4n) is 2.16. The zero-order valence-electron chi connectivity index (χ0n) is 11.3. The van der Waals surface area contributed by atoms with Crippen molar-refractivity contribution < 1.29 is 0 Å². The number of nitrogens with zero attached hydrogens (tertiary/aromatic N) is 3. The van der Waals surface area contributed by atoms with Crippen LogP contribution in [-0.4, -0.2) is 14.5 Å². The summed E-state index contributed by atoms with van der Waals surface area (Å²) in [5.41, 5.74) is 9.28. The van der Waals surface area contributed by atoms with Gasteiger partial charge < -0.3 is 5.73 Å². The van der Waals surface area contributed by atoms with Gasteiger partial charge in [-0.25, -0.2) is 9.97 Å². The van der Waals surface area contributed by atoms with E-state index in [1.54, 1.807) is 10.9 Å². The third-order valence-corrected chi connectivity index (χ3v) is 4.14. The second-order valence-electron chi connectivity index (χ2n) is 4.76. The normalized spacial score (nSPS) is 11.1. The minimum Gasteiger partial charge on any atom is -0.375 e. The number of rotatable bonds is 2. The highest BCUT2D eigenvalue weighted by atomic mass is 32.1. The molecule has 5 nitrogen and oxygen atoms in total. The van der Waals surface area contributed by atoms with Gasteiger partial charge in [0.2, 0.25) is 0 Å². The molecule has 0 bridgehead atoms. The van der Waals surface area contributed by atoms with Gasteiger partial charge in [0.05, 0.1) is 29.5 Å². The Labute approximate surface area is 119 Å². The van der Waals surface area contributed by atoms with Crippen LogP contribution < -0.4 is 11.3 Å². The Bertz CT molecular complexity index is 850. The molecular weight excluding hydrogens is 272 g/mol. The Hall–Kier alpha value is -2.21. The average molecular weight is 286 g/mol. The minimum atomic E-state index is -0.0512. The van der Waals surface area contributed by atoms with Crippen molar-refractivity contribution in [1.82, 2.24) is 14.5 Å². The molecule has 2 heterocycles. The van der Waals surface area contributed by atoms with E-state index in [0.717, 1.165) is 22.3 Å². The molecule has 0 saturated heterocycles. The van der Waals surface area contributed by atoms with Crippen LogP contribution in [-0.2, 0) is 6.54 Å². The number of aryl methyl sites for hydroxylation is 2. The lowest BCUT2D eigenvalue weighted by molar-refractivity contribution is 0.734. The van der Waals surface area contributed by atoms with Gasteiger partial charge in [-0.3, -0.25) is 9.36 Å². The molecule has 0 aliphatic rings. The molecule has 20 heavy (non-hydrogen) atoms. The van der Waals surface area contributed by atoms with Crippen LogP contribution in [0.15, 0.2) is 28.6 Å². The van der Waals surface area contributed by atoms with E-state index in [4.69, 9.17) is 5.73 Å². The topological polar surface area (TPSA) is 73.8 Å². The SMILES string of the molecule is Cc1ccc2c(=O)n(Cc3csc(N)n3)cnc2c1C. The Balaban J connectivity index is 2.12. The molecule has 3 rings (SSSR count). The lowest BCUT2D eigenvalue weighted by Crippen LogP contribution is -2.21. The standard InChI is InChI=1S/C14H14N4OS/c1-8-3-4-11-12(9(8)2)16-7-18(13(11)19)5-10-6-20-14(15)17-10/h3-4,6-7H,5H2,1-2H3,(H2,15,17). The molecule has 3 aromatic rings. The number of benzene rings is 1. The van der Waals surface area contributed by atoms with Gasteiger partial charge in [0.1, 0.15) is 0 Å². The Morgan fingerprint density at radius 1 is 1.35 bits per heavy atom. The maximum Gasteiger partial charge on any atom is 0.261 e. The van der Waals surface area contributed by atoms with E-state index in [-0.39, 0.29) is 5.56 Å². The number of nitrogen functional groups attached to an aromatic ring is 1. The molecule has 0 spiro atoms. The quantitative estimate of drug-likeness (QED) is 0.783. The molecular formula is C14H14N4OS. The number of nitrogens with two attached hydrogens (primary N) is 1. The van der Waals surface area contributed by atoms with Crippen LogP contribution in [0.1, 0.15) is 16.8 Å². The summed E-state index contributed by atoms with van der Waals surface area (Å²) in [6.07, 6.45) is 1.58. The molecule has 0 atom stereocenters. The molecule has 102 valence electrons. The van der Waals surface area contributed by atoms with Crippen LogP contribution in [0.25, 0.3) is 10.9 Å². The summed E-state index contributed by atoms with van der Waals surface area (Å²) in [4.78, 5) is 21.1. The van der Waals surface area contributed by atoms with Gasteiger partial charge in [0.25, 0.3) is 5.56 Å². The van der Waals surface area contributed by atoms with Crippen LogP contribution in [0.3, 0.4) is 0 Å². The Morgan fingerprint density at radius 3 is 2.85 bits per heavy atom. The van der Waals surface area contributed by atoms with Gasteiger partial charge in [-0.1, -0.05) is 6.07 Å². The summed E-state index contributed by atoms with van der Waals surface area (Å²) < 4.78 is 1.56. The number of hydrogen-bond donors (Lipinski definition) is 1. The molecule has 0 unspecified atom stereocenters. The van der Waals surface area contributed by atoms with E-state index >= 15 is 0 Å². The molecule has 0 amide bonds. The van der Waals surface area contributed by atoms with E-state index < -0.39 is 0 Å². The summed E-state index contributed by atoms with van der Waals surface area (Å²) in [7, 11) is 0. The lowest BCUT2D eigenvalue weighted by atomic mass is 10.1. The molecule has 0 fully saturated rings. The largest absolute Gasteiger partial charge is 0.375 e. The van der Waals surface area contributed by atoms with Crippen molar-refractivity contribution in [3.8, 4) is 0 Å². The van der Waals surface area contributed by atoms with Gasteiger partial charge in [0.15, 0.2) is 5.13 Å². The van der Waals surface area contributed by atoms with Crippen molar-refractivity contribution in [2.45, 2.75) is 20.4 Å². The Kier molecular flexibility index (Phi) is 3.02. The minimum absolute atomic E-state index is 0.0512. The zero-order chi connectivity index (χ0) is 14.3. The van der Waals surface area contributed by atoms with Crippen molar-refractivity contribution in [3.63, 3.8) is 0 Å². The number of aromatic nitrogens is 3. The first kappa shape index (κ1) is 12.8. The highest BCUT2D eigenvalue weighted by molar-refractivity contribution is 7.13. The first-order valence-electron chi connectivity index (χ1n) is 6.21. The summed E-state index contributed by atoms with van der Waals surface area (Å²) >= 11 is 1.37. The molecule has 2 aromatic heterocycles. The van der Waals surface area contributed by atoms with E-state index in [1.807, 2.05) is 31.4 Å². The van der Waals surface area contributed by atoms with Crippen LogP contribution in [0.5, 0.6) is 0 Å². The molecule has 6 heteroatoms. The maximum atomic E-state index is 12.5. The predicted octanol–water partition coefficient (Wildman–Crippen LogP) is 2.10. The van der Waals surface area contributed by atoms with Gasteiger partial charge in [-0.05, 0) is 31.0 Å². The van der Waals surface area contributed by atoms with Gasteiger partial charge in [0, 0.05) is 5.38 Å². The van der Waals surface area contributed by atoms with E-state index in [2.05, 4.69) is 9.97 Å². The van der Waals surface area contributed by atoms with Crippen molar-refractivity contribution in [2.75, 3.05) is 5.73 Å². The molecule has 1 aromatic carbocycles. The van der Waals surface area contributed by atoms with Crippen molar-refractivity contribution in [2.24, 2.45) is 0 Å². The molecule has 2 N–H and O–H groups in total. The summed E-state index contributed by atoms with van der Waals surface area (Å²) in [6, 6.07) is 3.78. The second kappa shape index (κ2) is 4.72. The molecule has 0 aliphatic carbocycles. The Morgan fingerprint density at radius 2 is 2.15 bits per heavy atom. The monoisotopic (exact) mass is 286 g/mol. The number of fused-ring (bicyclic) bond motifs is 1. The number of hydrogen-bond acceptors (Lipinski definition) is 5. The maximum absolute atomic E-state index is 12.5. The lowest BCUT2D eigenvalue weighted by Gasteiger charge is -2.08. The second-order valence-corrected chi connectivity index (χ2v) is 5.65. The highest BCUT2D eigenvalue weighted by Gasteiger charge is 2.09. The van der Waals surface area contributed by atoms with Crippen molar-refractivity contribution >= 4 is 27.4 Å². The zero-order valence-corrected chi connectivity index (χ0v) is 12.1. The first-order chi connectivity index (χ1) is 9.56. The third kappa shape index (κ3) is 2.08. The fraction of sp³-hybridized carbons (Fsp3) is 0.214. The predicted molar refractivity (Wildman–Crippen MR) is 81.1 cm³/mol. The smallest absolute Gasteiger partial charge is 0.261 e. The first-order valence-corrected chi connectivity index (χ1v) is 7.09. The fourth-order valence-corrected chi connectivity index (χ4v) is 2.71. The van der Waals surface area contributed by atoms with Gasteiger partial charge >= 0.3 is 0 Å². The van der Waals surface area contributed by atoms with Gasteiger partial charge in [-0.15, -0.1) is 11.3 Å². The van der Waals surface area contributed by atoms with Crippen LogP contribution in [0.2, 0.25) is 0 Å². The summed E-state index contributed by atoms with van der Waals surface area (Å²) in [6.45, 7) is 4.39. The van der Waals surface area contributed by atoms with E-state index in [1.165, 1.54) is 11.3 Å².